The van der Waals surface area contributed by atoms with Crippen LogP contribution >= 0.6 is 0 Å². The molecule has 0 atom stereocenters. The highest BCUT2D eigenvalue weighted by molar-refractivity contribution is 6.04. The van der Waals surface area contributed by atoms with Gasteiger partial charge in [0.05, 0.1) is 22.9 Å². The first-order valence-electron chi connectivity index (χ1n) is 11.9. The number of rotatable bonds is 8. The molecule has 11 nitrogen and oxygen atoms in total. The van der Waals surface area contributed by atoms with Gasteiger partial charge in [-0.2, -0.15) is 18.3 Å². The third-order valence-corrected chi connectivity index (χ3v) is 5.69. The number of aromatic nitrogens is 4. The van der Waals surface area contributed by atoms with Gasteiger partial charge in [0.15, 0.2) is 11.4 Å². The predicted molar refractivity (Wildman–Crippen MR) is 139 cm³/mol. The number of carbonyl (C=O) groups is 1. The highest BCUT2D eigenvalue weighted by Crippen LogP contribution is 2.38. The van der Waals surface area contributed by atoms with Crippen molar-refractivity contribution in [2.24, 2.45) is 5.73 Å². The van der Waals surface area contributed by atoms with Gasteiger partial charge in [0.1, 0.15) is 35.3 Å². The summed E-state index contributed by atoms with van der Waals surface area (Å²) in [5, 5.41) is 19.0. The van der Waals surface area contributed by atoms with Gasteiger partial charge in [0.2, 0.25) is 0 Å². The number of hydrogen-bond acceptors (Lipinski definition) is 8. The maximum absolute atomic E-state index is 13.2. The summed E-state index contributed by atoms with van der Waals surface area (Å²) < 4.78 is 59.1. The molecule has 2 heterocycles. The molecular weight excluding hydrogens is 550 g/mol. The molecule has 0 aliphatic heterocycles. The molecule has 0 aliphatic carbocycles. The third kappa shape index (κ3) is 6.40. The fraction of sp³-hybridized carbons (Fsp3) is 0.231. The van der Waals surface area contributed by atoms with Crippen molar-refractivity contribution in [3.05, 3.63) is 87.6 Å². The molecule has 3 N–H and O–H groups in total. The maximum Gasteiger partial charge on any atom is 0.434 e. The Bertz CT molecular complexity index is 1600. The molecule has 15 heteroatoms. The Kier molecular flexibility index (Phi) is 7.64. The van der Waals surface area contributed by atoms with Crippen LogP contribution in [0.15, 0.2) is 54.9 Å². The highest BCUT2D eigenvalue weighted by Gasteiger charge is 2.33. The van der Waals surface area contributed by atoms with Crippen LogP contribution in [0.5, 0.6) is 5.75 Å². The fourth-order valence-corrected chi connectivity index (χ4v) is 3.78. The Balaban J connectivity index is 1.80. The molecule has 0 saturated carbocycles. The van der Waals surface area contributed by atoms with Crippen molar-refractivity contribution < 1.29 is 32.0 Å². The molecule has 0 aliphatic rings. The number of carbonyl (C=O) groups excluding carboxylic acids is 1. The lowest BCUT2D eigenvalue weighted by molar-refractivity contribution is -0.385. The van der Waals surface area contributed by atoms with E-state index in [1.54, 1.807) is 20.8 Å². The van der Waals surface area contributed by atoms with Crippen LogP contribution in [-0.4, -0.2) is 30.6 Å². The number of primary amides is 1. The summed E-state index contributed by atoms with van der Waals surface area (Å²) in [5.41, 5.74) is 4.00. The molecule has 2 aromatic carbocycles. The first kappa shape index (κ1) is 28.9. The fourth-order valence-electron chi connectivity index (χ4n) is 3.78. The van der Waals surface area contributed by atoms with E-state index in [1.807, 2.05) is 0 Å². The molecule has 214 valence electrons. The molecule has 0 unspecified atom stereocenters. The van der Waals surface area contributed by atoms with E-state index in [-0.39, 0.29) is 46.5 Å². The molecule has 0 fully saturated rings. The Morgan fingerprint density at radius 2 is 1.78 bits per heavy atom. The van der Waals surface area contributed by atoms with E-state index in [2.05, 4.69) is 20.4 Å². The number of ether oxygens (including phenoxy) is 1. The molecule has 4 rings (SSSR count). The molecule has 0 bridgehead atoms. The van der Waals surface area contributed by atoms with Crippen LogP contribution in [0.25, 0.3) is 11.3 Å². The van der Waals surface area contributed by atoms with Crippen molar-refractivity contribution in [3.63, 3.8) is 0 Å². The molecule has 0 saturated heterocycles. The number of amides is 1. The van der Waals surface area contributed by atoms with E-state index in [1.165, 1.54) is 47.1 Å². The van der Waals surface area contributed by atoms with Crippen molar-refractivity contribution in [3.8, 4) is 17.0 Å². The zero-order valence-corrected chi connectivity index (χ0v) is 21.9. The third-order valence-electron chi connectivity index (χ3n) is 5.69. The maximum atomic E-state index is 13.2. The molecular formula is C26H23F4N7O4. The highest BCUT2D eigenvalue weighted by atomic mass is 19.4. The van der Waals surface area contributed by atoms with Crippen LogP contribution in [0.1, 0.15) is 42.4 Å². The Morgan fingerprint density at radius 3 is 2.32 bits per heavy atom. The number of benzene rings is 2. The van der Waals surface area contributed by atoms with Crippen molar-refractivity contribution in [1.29, 1.82) is 0 Å². The van der Waals surface area contributed by atoms with Crippen molar-refractivity contribution >= 4 is 23.2 Å². The largest absolute Gasteiger partial charge is 0.482 e. The summed E-state index contributed by atoms with van der Waals surface area (Å²) in [6.07, 6.45) is -3.32. The molecule has 4 aromatic rings. The number of nitrogens with zero attached hydrogens (tertiary/aromatic N) is 5. The Hall–Kier alpha value is -5.08. The quantitative estimate of drug-likeness (QED) is 0.157. The number of nitrogens with two attached hydrogens (primary N) is 1. The van der Waals surface area contributed by atoms with Gasteiger partial charge in [-0.25, -0.2) is 19.0 Å². The SMILES string of the molecule is CC(C)(C)n1nc(-c2ccc([N+](=O)[O-])c(OCc3ccc(F)cc3)c2)c(C(N)=O)c1Nc1cnc(C(F)(F)F)cn1. The standard InChI is InChI=1S/C26H23F4N7O4/c1-25(2,3)36-24(34-20-12-32-19(11-33-20)26(28,29)30)21(23(31)38)22(35-36)15-6-9-17(37(39)40)18(10-15)41-13-14-4-7-16(27)8-5-14/h4-12H,13H2,1-3H3,(H2,31,38)(H,33,34). The first-order chi connectivity index (χ1) is 19.1. The number of halogens is 4. The van der Waals surface area contributed by atoms with Gasteiger partial charge in [-0.1, -0.05) is 12.1 Å². The van der Waals surface area contributed by atoms with E-state index in [0.717, 1.165) is 6.20 Å². The Labute approximate surface area is 230 Å². The summed E-state index contributed by atoms with van der Waals surface area (Å²) in [7, 11) is 0. The van der Waals surface area contributed by atoms with Crippen LogP contribution in [0.3, 0.4) is 0 Å². The monoisotopic (exact) mass is 573 g/mol. The van der Waals surface area contributed by atoms with E-state index >= 15 is 0 Å². The Morgan fingerprint density at radius 1 is 1.10 bits per heavy atom. The van der Waals surface area contributed by atoms with Crippen molar-refractivity contribution in [2.75, 3.05) is 5.32 Å². The minimum Gasteiger partial charge on any atom is -0.482 e. The predicted octanol–water partition coefficient (Wildman–Crippen LogP) is 5.58. The number of anilines is 2. The number of nitrogens with one attached hydrogen (secondary N) is 1. The average molecular weight is 574 g/mol. The summed E-state index contributed by atoms with van der Waals surface area (Å²) >= 11 is 0. The zero-order valence-electron chi connectivity index (χ0n) is 21.9. The molecule has 2 aromatic heterocycles. The van der Waals surface area contributed by atoms with Gasteiger partial charge in [-0.15, -0.1) is 0 Å². The summed E-state index contributed by atoms with van der Waals surface area (Å²) in [4.78, 5) is 30.8. The second-order valence-corrected chi connectivity index (χ2v) is 9.78. The lowest BCUT2D eigenvalue weighted by Gasteiger charge is -2.23. The van der Waals surface area contributed by atoms with Crippen LogP contribution in [0.2, 0.25) is 0 Å². The van der Waals surface area contributed by atoms with Gasteiger partial charge >= 0.3 is 11.9 Å². The second kappa shape index (κ2) is 10.8. The van der Waals surface area contributed by atoms with Gasteiger partial charge in [0, 0.05) is 11.6 Å². The van der Waals surface area contributed by atoms with Gasteiger partial charge in [-0.3, -0.25) is 14.9 Å². The van der Waals surface area contributed by atoms with E-state index < -0.39 is 34.1 Å². The van der Waals surface area contributed by atoms with Crippen LogP contribution < -0.4 is 15.8 Å². The van der Waals surface area contributed by atoms with Crippen molar-refractivity contribution in [2.45, 2.75) is 39.1 Å². The normalized spacial score (nSPS) is 11.8. The molecule has 1 amide bonds. The van der Waals surface area contributed by atoms with Crippen LogP contribution in [-0.2, 0) is 18.3 Å². The van der Waals surface area contributed by atoms with Gasteiger partial charge < -0.3 is 15.8 Å². The minimum absolute atomic E-state index is 0.0150. The number of hydrogen-bond donors (Lipinski definition) is 2. The smallest absolute Gasteiger partial charge is 0.434 e. The summed E-state index contributed by atoms with van der Waals surface area (Å²) in [5.74, 6) is -1.65. The van der Waals surface area contributed by atoms with Gasteiger partial charge in [-0.05, 0) is 50.6 Å². The second-order valence-electron chi connectivity index (χ2n) is 9.78. The topological polar surface area (TPSA) is 151 Å². The average Bonchev–Trinajstić information content (AvgIpc) is 3.28. The number of alkyl halides is 3. The lowest BCUT2D eigenvalue weighted by atomic mass is 10.1. The zero-order chi connectivity index (χ0) is 30.1. The summed E-state index contributed by atoms with van der Waals surface area (Å²) in [6, 6.07) is 9.20. The first-order valence-corrected chi connectivity index (χ1v) is 11.9. The van der Waals surface area contributed by atoms with Crippen molar-refractivity contribution in [1.82, 2.24) is 19.7 Å². The van der Waals surface area contributed by atoms with Crippen LogP contribution in [0.4, 0.5) is 34.9 Å². The molecule has 0 spiro atoms. The molecule has 41 heavy (non-hydrogen) atoms. The number of nitro groups is 1. The van der Waals surface area contributed by atoms with Gasteiger partial charge in [0.25, 0.3) is 5.91 Å². The lowest BCUT2D eigenvalue weighted by Crippen LogP contribution is -2.25. The summed E-state index contributed by atoms with van der Waals surface area (Å²) in [6.45, 7) is 5.14. The minimum atomic E-state index is -4.70. The molecule has 0 radical (unpaired) electrons. The van der Waals surface area contributed by atoms with Crippen LogP contribution in [0, 0.1) is 15.9 Å². The van der Waals surface area contributed by atoms with E-state index in [4.69, 9.17) is 10.5 Å². The number of nitro benzene ring substituents is 1. The van der Waals surface area contributed by atoms with E-state index in [9.17, 15) is 32.5 Å². The van der Waals surface area contributed by atoms with E-state index in [0.29, 0.717) is 11.8 Å².